The van der Waals surface area contributed by atoms with E-state index in [9.17, 15) is 14.4 Å². The molecule has 2 rings (SSSR count). The maximum absolute atomic E-state index is 11.0. The van der Waals surface area contributed by atoms with E-state index in [4.69, 9.17) is 10.8 Å². The van der Waals surface area contributed by atoms with Gasteiger partial charge in [0, 0.05) is 6.20 Å². The van der Waals surface area contributed by atoms with Gasteiger partial charge in [-0.15, -0.1) is 0 Å². The number of ether oxygens (including phenoxy) is 1. The maximum Gasteiger partial charge on any atom is 1.00 e. The number of carboxylic acid groups (broad SMARTS) is 1. The molecule has 0 saturated heterocycles. The van der Waals surface area contributed by atoms with E-state index in [2.05, 4.69) is 14.9 Å². The number of amides is 1. The number of carbonyl (C=O) groups is 3. The molecule has 0 radical (unpaired) electrons. The lowest BCUT2D eigenvalue weighted by Crippen LogP contribution is -2.09. The minimum atomic E-state index is -1.06. The SMILES string of the molecule is COC(=O)c1cccc(C(=O)O)c1.NC(=O)c1cn[nH]c1.[H+]. The Hall–Kier alpha value is -3.16. The molecule has 4 N–H and O–H groups in total. The van der Waals surface area contributed by atoms with E-state index < -0.39 is 17.8 Å². The Morgan fingerprint density at radius 3 is 2.38 bits per heavy atom. The van der Waals surface area contributed by atoms with Gasteiger partial charge in [-0.25, -0.2) is 9.59 Å². The van der Waals surface area contributed by atoms with E-state index in [1.54, 1.807) is 0 Å². The van der Waals surface area contributed by atoms with Crippen molar-refractivity contribution in [2.24, 2.45) is 5.73 Å². The molecule has 0 bridgehead atoms. The van der Waals surface area contributed by atoms with Crippen LogP contribution in [-0.2, 0) is 4.74 Å². The molecule has 8 heteroatoms. The number of rotatable bonds is 3. The molecule has 1 heterocycles. The van der Waals surface area contributed by atoms with Gasteiger partial charge in [0.1, 0.15) is 0 Å². The van der Waals surface area contributed by atoms with Crippen LogP contribution in [0, 0.1) is 0 Å². The molecule has 0 aliphatic heterocycles. The lowest BCUT2D eigenvalue weighted by molar-refractivity contribution is 0.0600. The summed E-state index contributed by atoms with van der Waals surface area (Å²) in [4.78, 5) is 31.7. The minimum Gasteiger partial charge on any atom is -0.478 e. The number of nitrogens with zero attached hydrogens (tertiary/aromatic N) is 1. The van der Waals surface area contributed by atoms with Crippen LogP contribution in [-0.4, -0.2) is 40.3 Å². The molecule has 0 fully saturated rings. The van der Waals surface area contributed by atoms with Crippen molar-refractivity contribution in [2.45, 2.75) is 0 Å². The second-order valence-electron chi connectivity index (χ2n) is 3.73. The first-order valence-electron chi connectivity index (χ1n) is 5.66. The first-order valence-corrected chi connectivity index (χ1v) is 5.66. The third kappa shape index (κ3) is 4.78. The molecule has 1 amide bonds. The van der Waals surface area contributed by atoms with Crippen molar-refractivity contribution in [2.75, 3.05) is 7.11 Å². The number of hydrogen-bond acceptors (Lipinski definition) is 5. The van der Waals surface area contributed by atoms with Gasteiger partial charge in [0.25, 0.3) is 5.91 Å². The number of hydrogen-bond donors (Lipinski definition) is 3. The van der Waals surface area contributed by atoms with Crippen LogP contribution in [0.4, 0.5) is 0 Å². The summed E-state index contributed by atoms with van der Waals surface area (Å²) in [5.41, 5.74) is 5.58. The van der Waals surface area contributed by atoms with Gasteiger partial charge in [0.15, 0.2) is 0 Å². The van der Waals surface area contributed by atoms with Gasteiger partial charge in [-0.05, 0) is 18.2 Å². The highest BCUT2D eigenvalue weighted by molar-refractivity contribution is 5.94. The van der Waals surface area contributed by atoms with Crippen LogP contribution < -0.4 is 5.73 Å². The van der Waals surface area contributed by atoms with Gasteiger partial charge < -0.3 is 15.6 Å². The predicted octanol–water partition coefficient (Wildman–Crippen LogP) is 0.792. The predicted molar refractivity (Wildman–Crippen MR) is 73.0 cm³/mol. The number of nitrogens with one attached hydrogen (secondary N) is 1. The van der Waals surface area contributed by atoms with Gasteiger partial charge >= 0.3 is 13.4 Å². The number of aromatic amines is 1. The number of carbonyl (C=O) groups excluding carboxylic acids is 2. The van der Waals surface area contributed by atoms with Crippen molar-refractivity contribution in [1.29, 1.82) is 0 Å². The average Bonchev–Trinajstić information content (AvgIpc) is 3.01. The number of H-pyrrole nitrogens is 1. The zero-order chi connectivity index (χ0) is 15.8. The lowest BCUT2D eigenvalue weighted by atomic mass is 10.1. The van der Waals surface area contributed by atoms with E-state index in [1.165, 1.54) is 43.8 Å². The number of nitrogens with two attached hydrogens (primary N) is 1. The third-order valence-electron chi connectivity index (χ3n) is 2.31. The van der Waals surface area contributed by atoms with Crippen molar-refractivity contribution in [3.63, 3.8) is 0 Å². The molecule has 21 heavy (non-hydrogen) atoms. The van der Waals surface area contributed by atoms with Crippen LogP contribution in [0.3, 0.4) is 0 Å². The molecule has 0 unspecified atom stereocenters. The van der Waals surface area contributed by atoms with E-state index in [-0.39, 0.29) is 12.6 Å². The van der Waals surface area contributed by atoms with Crippen molar-refractivity contribution < 1.29 is 25.7 Å². The number of methoxy groups -OCH3 is 1. The van der Waals surface area contributed by atoms with Crippen molar-refractivity contribution in [1.82, 2.24) is 10.2 Å². The Kier molecular flexibility index (Phi) is 5.63. The van der Waals surface area contributed by atoms with Gasteiger partial charge in [0.05, 0.1) is 30.0 Å². The van der Waals surface area contributed by atoms with E-state index >= 15 is 0 Å². The smallest absolute Gasteiger partial charge is 0.478 e. The summed E-state index contributed by atoms with van der Waals surface area (Å²) >= 11 is 0. The fourth-order valence-corrected chi connectivity index (χ4v) is 1.28. The van der Waals surface area contributed by atoms with E-state index in [1.807, 2.05) is 0 Å². The summed E-state index contributed by atoms with van der Waals surface area (Å²) < 4.78 is 4.44. The summed E-state index contributed by atoms with van der Waals surface area (Å²) in [6.07, 6.45) is 2.82. The number of aromatic carboxylic acids is 1. The number of aromatic nitrogens is 2. The highest BCUT2D eigenvalue weighted by Crippen LogP contribution is 2.06. The normalized spacial score (nSPS) is 9.19. The second kappa shape index (κ2) is 7.43. The zero-order valence-corrected chi connectivity index (χ0v) is 11.1. The molecule has 0 atom stereocenters. The van der Waals surface area contributed by atoms with Crippen LogP contribution in [0.2, 0.25) is 0 Å². The minimum absolute atomic E-state index is 0. The van der Waals surface area contributed by atoms with Crippen molar-refractivity contribution >= 4 is 17.8 Å². The summed E-state index contributed by atoms with van der Waals surface area (Å²) in [7, 11) is 1.25. The van der Waals surface area contributed by atoms with E-state index in [0.717, 1.165) is 0 Å². The first kappa shape index (κ1) is 15.9. The van der Waals surface area contributed by atoms with Crippen molar-refractivity contribution in [3.05, 3.63) is 53.3 Å². The van der Waals surface area contributed by atoms with Crippen LogP contribution in [0.25, 0.3) is 0 Å². The van der Waals surface area contributed by atoms with Gasteiger partial charge in [-0.1, -0.05) is 6.07 Å². The Labute approximate surface area is 121 Å². The number of carboxylic acids is 1. The van der Waals surface area contributed by atoms with Crippen LogP contribution in [0.5, 0.6) is 0 Å². The van der Waals surface area contributed by atoms with Crippen LogP contribution in [0.1, 0.15) is 32.5 Å². The fraction of sp³-hybridized carbons (Fsp3) is 0.0769. The summed E-state index contributed by atoms with van der Waals surface area (Å²) in [5.74, 6) is -2.06. The molecule has 2 aromatic rings. The van der Waals surface area contributed by atoms with Gasteiger partial charge in [-0.2, -0.15) is 5.10 Å². The fourth-order valence-electron chi connectivity index (χ4n) is 1.28. The quantitative estimate of drug-likeness (QED) is 0.716. The topological polar surface area (TPSA) is 135 Å². The highest BCUT2D eigenvalue weighted by Gasteiger charge is 2.08. The van der Waals surface area contributed by atoms with Gasteiger partial charge in [0.2, 0.25) is 0 Å². The van der Waals surface area contributed by atoms with Gasteiger partial charge in [-0.3, -0.25) is 9.89 Å². The molecule has 1 aromatic heterocycles. The Balaban J connectivity index is 0.000000423. The second-order valence-corrected chi connectivity index (χ2v) is 3.73. The summed E-state index contributed by atoms with van der Waals surface area (Å²) in [6, 6.07) is 5.68. The maximum atomic E-state index is 11.0. The summed E-state index contributed by atoms with van der Waals surface area (Å²) in [6.45, 7) is 0. The monoisotopic (exact) mass is 292 g/mol. The summed E-state index contributed by atoms with van der Waals surface area (Å²) in [5, 5.41) is 14.6. The molecule has 1 aromatic carbocycles. The highest BCUT2D eigenvalue weighted by atomic mass is 16.5. The Morgan fingerprint density at radius 1 is 1.29 bits per heavy atom. The zero-order valence-electron chi connectivity index (χ0n) is 12.1. The Bertz CT molecular complexity index is 643. The number of esters is 1. The number of benzene rings is 1. The molecule has 8 nitrogen and oxygen atoms in total. The molecule has 0 aliphatic rings. The average molecular weight is 292 g/mol. The van der Waals surface area contributed by atoms with Crippen LogP contribution in [0.15, 0.2) is 36.7 Å². The van der Waals surface area contributed by atoms with Crippen LogP contribution >= 0.6 is 0 Å². The molecular weight excluding hydrogens is 278 g/mol. The largest absolute Gasteiger partial charge is 1.00 e. The van der Waals surface area contributed by atoms with Crippen molar-refractivity contribution in [3.8, 4) is 0 Å². The molecule has 0 spiro atoms. The molecule has 110 valence electrons. The molecular formula is C13H14N3O5+. The van der Waals surface area contributed by atoms with E-state index in [0.29, 0.717) is 5.56 Å². The Morgan fingerprint density at radius 2 is 1.95 bits per heavy atom. The molecule has 0 saturated carbocycles. The lowest BCUT2D eigenvalue weighted by Gasteiger charge is -1.99. The third-order valence-corrected chi connectivity index (χ3v) is 2.31. The number of primary amides is 1. The first-order chi connectivity index (χ1) is 9.95. The standard InChI is InChI=1S/C9H8O4.C4H5N3O/c1-13-9(12)7-4-2-3-6(5-7)8(10)11;5-4(8)3-1-6-7-2-3/h2-5H,1H3,(H,10,11);1-2H,(H2,5,8)(H,6,7)/p+1. The molecule has 0 aliphatic carbocycles.